The minimum absolute atomic E-state index is 0.0943. The lowest BCUT2D eigenvalue weighted by Gasteiger charge is -2.16. The van der Waals surface area contributed by atoms with Gasteiger partial charge in [-0.1, -0.05) is 32.6 Å². The van der Waals surface area contributed by atoms with Gasteiger partial charge in [0.25, 0.3) is 0 Å². The summed E-state index contributed by atoms with van der Waals surface area (Å²) in [7, 11) is 0. The first-order valence-electron chi connectivity index (χ1n) is 6.69. The van der Waals surface area contributed by atoms with Gasteiger partial charge in [-0.2, -0.15) is 0 Å². The van der Waals surface area contributed by atoms with E-state index in [1.165, 1.54) is 25.7 Å². The monoisotopic (exact) mass is 227 g/mol. The molecule has 2 unspecified atom stereocenters. The molecule has 1 saturated carbocycles. The molecular weight excluding hydrogens is 202 g/mol. The molecule has 1 rings (SSSR count). The Morgan fingerprint density at radius 1 is 1.31 bits per heavy atom. The third-order valence-corrected chi connectivity index (χ3v) is 3.59. The average Bonchev–Trinajstić information content (AvgIpc) is 2.71. The first-order chi connectivity index (χ1) is 7.75. The summed E-state index contributed by atoms with van der Waals surface area (Å²) < 4.78 is 0. The van der Waals surface area contributed by atoms with Crippen molar-refractivity contribution < 1.29 is 9.90 Å². The topological polar surface area (TPSA) is 49.3 Å². The van der Waals surface area contributed by atoms with Crippen molar-refractivity contribution in [1.82, 2.24) is 5.32 Å². The second-order valence-electron chi connectivity index (χ2n) is 4.90. The maximum Gasteiger partial charge on any atom is 0.306 e. The van der Waals surface area contributed by atoms with Crippen LogP contribution >= 0.6 is 0 Å². The third kappa shape index (κ3) is 4.52. The summed E-state index contributed by atoms with van der Waals surface area (Å²) in [6.45, 7) is 4.15. The summed E-state index contributed by atoms with van der Waals surface area (Å²) in [4.78, 5) is 11.0. The molecule has 3 heteroatoms. The molecule has 0 aromatic heterocycles. The van der Waals surface area contributed by atoms with Crippen molar-refractivity contribution in [3.8, 4) is 0 Å². The number of carboxylic acids is 1. The van der Waals surface area contributed by atoms with Crippen LogP contribution in [0.25, 0.3) is 0 Å². The van der Waals surface area contributed by atoms with Crippen LogP contribution in [0, 0.1) is 11.8 Å². The van der Waals surface area contributed by atoms with Gasteiger partial charge in [-0.25, -0.2) is 0 Å². The SMILES string of the molecule is CCCCCCNCC1CCCC1C(=O)O. The number of nitrogens with one attached hydrogen (secondary N) is 1. The van der Waals surface area contributed by atoms with Crippen molar-refractivity contribution in [3.63, 3.8) is 0 Å². The predicted molar refractivity (Wildman–Crippen MR) is 65.5 cm³/mol. The molecule has 1 aliphatic rings. The lowest BCUT2D eigenvalue weighted by atomic mass is 9.96. The Morgan fingerprint density at radius 2 is 2.12 bits per heavy atom. The number of hydrogen-bond acceptors (Lipinski definition) is 2. The molecule has 0 aromatic carbocycles. The summed E-state index contributed by atoms with van der Waals surface area (Å²) in [6.07, 6.45) is 8.12. The van der Waals surface area contributed by atoms with Crippen molar-refractivity contribution in [2.24, 2.45) is 11.8 Å². The standard InChI is InChI=1S/C13H25NO2/c1-2-3-4-5-9-14-10-11-7-6-8-12(11)13(15)16/h11-12,14H,2-10H2,1H3,(H,15,16). The highest BCUT2D eigenvalue weighted by molar-refractivity contribution is 5.70. The van der Waals surface area contributed by atoms with Crippen LogP contribution in [0.3, 0.4) is 0 Å². The molecule has 2 atom stereocenters. The summed E-state index contributed by atoms with van der Waals surface area (Å²) >= 11 is 0. The van der Waals surface area contributed by atoms with E-state index in [0.717, 1.165) is 32.4 Å². The maximum atomic E-state index is 11.0. The van der Waals surface area contributed by atoms with Crippen LogP contribution in [-0.4, -0.2) is 24.2 Å². The Bertz CT molecular complexity index is 206. The molecule has 0 heterocycles. The van der Waals surface area contributed by atoms with Gasteiger partial charge in [0, 0.05) is 0 Å². The number of unbranched alkanes of at least 4 members (excludes halogenated alkanes) is 3. The molecule has 94 valence electrons. The molecule has 16 heavy (non-hydrogen) atoms. The van der Waals surface area contributed by atoms with Crippen LogP contribution < -0.4 is 5.32 Å². The smallest absolute Gasteiger partial charge is 0.306 e. The normalized spacial score (nSPS) is 24.8. The predicted octanol–water partition coefficient (Wildman–Crippen LogP) is 2.66. The molecule has 3 nitrogen and oxygen atoms in total. The highest BCUT2D eigenvalue weighted by atomic mass is 16.4. The van der Waals surface area contributed by atoms with E-state index in [-0.39, 0.29) is 5.92 Å². The van der Waals surface area contributed by atoms with Gasteiger partial charge in [-0.15, -0.1) is 0 Å². The first kappa shape index (κ1) is 13.5. The largest absolute Gasteiger partial charge is 0.481 e. The van der Waals surface area contributed by atoms with E-state index in [0.29, 0.717) is 5.92 Å². The Labute approximate surface area is 98.6 Å². The molecule has 0 radical (unpaired) electrons. The molecule has 0 bridgehead atoms. The second-order valence-corrected chi connectivity index (χ2v) is 4.90. The Balaban J connectivity index is 2.05. The molecule has 1 aliphatic carbocycles. The van der Waals surface area contributed by atoms with Gasteiger partial charge in [0.1, 0.15) is 0 Å². The van der Waals surface area contributed by atoms with Crippen LogP contribution in [-0.2, 0) is 4.79 Å². The zero-order valence-electron chi connectivity index (χ0n) is 10.4. The second kappa shape index (κ2) is 7.66. The van der Waals surface area contributed by atoms with Crippen molar-refractivity contribution >= 4 is 5.97 Å². The van der Waals surface area contributed by atoms with Crippen molar-refractivity contribution in [2.45, 2.75) is 51.9 Å². The van der Waals surface area contributed by atoms with E-state index in [1.807, 2.05) is 0 Å². The fourth-order valence-electron chi connectivity index (χ4n) is 2.57. The van der Waals surface area contributed by atoms with Gasteiger partial charge < -0.3 is 10.4 Å². The van der Waals surface area contributed by atoms with Gasteiger partial charge in [0.2, 0.25) is 0 Å². The average molecular weight is 227 g/mol. The summed E-state index contributed by atoms with van der Waals surface area (Å²) in [5.74, 6) is -0.331. The van der Waals surface area contributed by atoms with Gasteiger partial charge >= 0.3 is 5.97 Å². The molecule has 0 aliphatic heterocycles. The lowest BCUT2D eigenvalue weighted by Crippen LogP contribution is -2.29. The fraction of sp³-hybridized carbons (Fsp3) is 0.923. The highest BCUT2D eigenvalue weighted by Gasteiger charge is 2.32. The van der Waals surface area contributed by atoms with Crippen molar-refractivity contribution in [3.05, 3.63) is 0 Å². The van der Waals surface area contributed by atoms with E-state index in [2.05, 4.69) is 12.2 Å². The van der Waals surface area contributed by atoms with Crippen LogP contribution in [0.5, 0.6) is 0 Å². The van der Waals surface area contributed by atoms with Gasteiger partial charge in [0.05, 0.1) is 5.92 Å². The highest BCUT2D eigenvalue weighted by Crippen LogP contribution is 2.31. The van der Waals surface area contributed by atoms with Crippen molar-refractivity contribution in [2.75, 3.05) is 13.1 Å². The van der Waals surface area contributed by atoms with E-state index in [4.69, 9.17) is 5.11 Å². The number of hydrogen-bond donors (Lipinski definition) is 2. The Morgan fingerprint density at radius 3 is 2.81 bits per heavy atom. The van der Waals surface area contributed by atoms with E-state index < -0.39 is 5.97 Å². The number of carboxylic acid groups (broad SMARTS) is 1. The zero-order valence-corrected chi connectivity index (χ0v) is 10.4. The van der Waals surface area contributed by atoms with Gasteiger partial charge in [0.15, 0.2) is 0 Å². The van der Waals surface area contributed by atoms with Crippen molar-refractivity contribution in [1.29, 1.82) is 0 Å². The molecule has 2 N–H and O–H groups in total. The number of carbonyl (C=O) groups is 1. The van der Waals surface area contributed by atoms with Gasteiger partial charge in [-0.3, -0.25) is 4.79 Å². The molecule has 1 fully saturated rings. The number of aliphatic carboxylic acids is 1. The maximum absolute atomic E-state index is 11.0. The fourth-order valence-corrected chi connectivity index (χ4v) is 2.57. The van der Waals surface area contributed by atoms with E-state index in [9.17, 15) is 4.79 Å². The molecule has 0 amide bonds. The minimum atomic E-state index is -0.602. The summed E-state index contributed by atoms with van der Waals surface area (Å²) in [6, 6.07) is 0. The summed E-state index contributed by atoms with van der Waals surface area (Å²) in [5, 5.41) is 12.4. The quantitative estimate of drug-likeness (QED) is 0.627. The Kier molecular flexibility index (Phi) is 6.46. The van der Waals surface area contributed by atoms with Gasteiger partial charge in [-0.05, 0) is 38.3 Å². The lowest BCUT2D eigenvalue weighted by molar-refractivity contribution is -0.142. The number of rotatable bonds is 8. The third-order valence-electron chi connectivity index (χ3n) is 3.59. The molecule has 0 saturated heterocycles. The Hall–Kier alpha value is -0.570. The van der Waals surface area contributed by atoms with Crippen LogP contribution in [0.1, 0.15) is 51.9 Å². The van der Waals surface area contributed by atoms with Crippen LogP contribution in [0.2, 0.25) is 0 Å². The summed E-state index contributed by atoms with van der Waals surface area (Å²) in [5.41, 5.74) is 0. The van der Waals surface area contributed by atoms with Crippen LogP contribution in [0.15, 0.2) is 0 Å². The van der Waals surface area contributed by atoms with E-state index >= 15 is 0 Å². The minimum Gasteiger partial charge on any atom is -0.481 e. The van der Waals surface area contributed by atoms with E-state index in [1.54, 1.807) is 0 Å². The molecular formula is C13H25NO2. The van der Waals surface area contributed by atoms with Crippen LogP contribution in [0.4, 0.5) is 0 Å². The zero-order chi connectivity index (χ0) is 11.8. The molecule has 0 spiro atoms. The first-order valence-corrected chi connectivity index (χ1v) is 6.69. The molecule has 0 aromatic rings.